The summed E-state index contributed by atoms with van der Waals surface area (Å²) in [4.78, 5) is 0. The molecule has 0 aliphatic carbocycles. The van der Waals surface area contributed by atoms with Crippen LogP contribution in [0.4, 0.5) is 0 Å². The lowest BCUT2D eigenvalue weighted by molar-refractivity contribution is 0.519. The summed E-state index contributed by atoms with van der Waals surface area (Å²) in [6.07, 6.45) is 5.66. The first-order valence-corrected chi connectivity index (χ1v) is 3.47. The molecule has 0 atom stereocenters. The van der Waals surface area contributed by atoms with Crippen molar-refractivity contribution in [2.75, 3.05) is 0 Å². The molecular weight excluding hydrogens is 120 g/mol. The van der Waals surface area contributed by atoms with Crippen LogP contribution in [-0.2, 0) is 0 Å². The number of hydrogen-bond donors (Lipinski definition) is 0. The Labute approximate surface area is 64.0 Å². The lowest BCUT2D eigenvalue weighted by atomic mass is 9.87. The molecule has 0 amide bonds. The summed E-state index contributed by atoms with van der Waals surface area (Å²) >= 11 is 0. The number of rotatable bonds is 2. The molecule has 0 fully saturated rings. The average molecular weight is 136 g/mol. The first-order valence-electron chi connectivity index (χ1n) is 3.47. The van der Waals surface area contributed by atoms with Crippen molar-refractivity contribution >= 4 is 0 Å². The second-order valence-electron chi connectivity index (χ2n) is 3.37. The van der Waals surface area contributed by atoms with Crippen molar-refractivity contribution in [1.82, 2.24) is 0 Å². The van der Waals surface area contributed by atoms with Gasteiger partial charge in [-0.05, 0) is 11.0 Å². The zero-order valence-electron chi connectivity index (χ0n) is 7.15. The van der Waals surface area contributed by atoms with Gasteiger partial charge in [0.05, 0.1) is 0 Å². The van der Waals surface area contributed by atoms with Crippen LogP contribution >= 0.6 is 0 Å². The normalized spacial score (nSPS) is 11.9. The predicted octanol–water partition coefficient (Wildman–Crippen LogP) is 3.33. The minimum Gasteiger partial charge on any atom is -0.0991 e. The van der Waals surface area contributed by atoms with Gasteiger partial charge >= 0.3 is 0 Å². The molecule has 0 spiro atoms. The molecule has 0 aromatic carbocycles. The first-order chi connectivity index (χ1) is 4.48. The van der Waals surface area contributed by atoms with Crippen molar-refractivity contribution in [1.29, 1.82) is 0 Å². The Balaban J connectivity index is 4.11. The van der Waals surface area contributed by atoms with Gasteiger partial charge in [0, 0.05) is 0 Å². The van der Waals surface area contributed by atoms with Gasteiger partial charge in [-0.1, -0.05) is 52.2 Å². The lowest BCUT2D eigenvalue weighted by Crippen LogP contribution is -2.05. The average Bonchev–Trinajstić information content (AvgIpc) is 1.80. The van der Waals surface area contributed by atoms with Crippen LogP contribution < -0.4 is 0 Å². The van der Waals surface area contributed by atoms with E-state index >= 15 is 0 Å². The second-order valence-corrected chi connectivity index (χ2v) is 3.37. The van der Waals surface area contributed by atoms with Crippen molar-refractivity contribution in [3.63, 3.8) is 0 Å². The summed E-state index contributed by atoms with van der Waals surface area (Å²) in [5.74, 6) is 0. The summed E-state index contributed by atoms with van der Waals surface area (Å²) in [5.41, 5.74) is 1.31. The fraction of sp³-hybridized carbons (Fsp3) is 0.400. The fourth-order valence-electron chi connectivity index (χ4n) is 0.434. The molecule has 0 N–H and O–H groups in total. The topological polar surface area (TPSA) is 0 Å². The van der Waals surface area contributed by atoms with Gasteiger partial charge < -0.3 is 0 Å². The van der Waals surface area contributed by atoms with Crippen molar-refractivity contribution in [2.24, 2.45) is 5.41 Å². The highest BCUT2D eigenvalue weighted by atomic mass is 14.2. The van der Waals surface area contributed by atoms with E-state index in [-0.39, 0.29) is 5.41 Å². The minimum absolute atomic E-state index is 0.180. The third kappa shape index (κ3) is 3.29. The van der Waals surface area contributed by atoms with Gasteiger partial charge in [-0.3, -0.25) is 0 Å². The van der Waals surface area contributed by atoms with Crippen LogP contribution in [0.1, 0.15) is 20.8 Å². The second kappa shape index (κ2) is 3.40. The van der Waals surface area contributed by atoms with E-state index in [4.69, 9.17) is 0 Å². The predicted molar refractivity (Wildman–Crippen MR) is 47.9 cm³/mol. The van der Waals surface area contributed by atoms with Gasteiger partial charge in [0.15, 0.2) is 0 Å². The van der Waals surface area contributed by atoms with Gasteiger partial charge in [0.2, 0.25) is 0 Å². The molecule has 0 saturated heterocycles. The Morgan fingerprint density at radius 2 is 1.80 bits per heavy atom. The van der Waals surface area contributed by atoms with E-state index in [2.05, 4.69) is 33.9 Å². The Hall–Kier alpha value is -0.780. The maximum atomic E-state index is 3.93. The van der Waals surface area contributed by atoms with Crippen LogP contribution in [0.3, 0.4) is 0 Å². The molecular formula is C10H16. The van der Waals surface area contributed by atoms with Gasteiger partial charge in [-0.25, -0.2) is 0 Å². The standard InChI is InChI=1S/C10H16/c1-6-7-8-9(2)10(3,4)5/h6-8H,1-2H2,3-5H3. The van der Waals surface area contributed by atoms with Crippen LogP contribution in [0.15, 0.2) is 37.0 Å². The van der Waals surface area contributed by atoms with E-state index in [0.717, 1.165) is 5.57 Å². The smallest absolute Gasteiger partial charge is 0.0138 e. The van der Waals surface area contributed by atoms with E-state index in [1.807, 2.05) is 12.2 Å². The lowest BCUT2D eigenvalue weighted by Gasteiger charge is -2.18. The summed E-state index contributed by atoms with van der Waals surface area (Å²) in [6, 6.07) is 0. The molecule has 0 aromatic heterocycles. The number of hydrogen-bond acceptors (Lipinski definition) is 0. The molecule has 0 heteroatoms. The fourth-order valence-corrected chi connectivity index (χ4v) is 0.434. The molecule has 0 saturated carbocycles. The Morgan fingerprint density at radius 1 is 1.30 bits per heavy atom. The number of allylic oxidation sites excluding steroid dienone is 4. The largest absolute Gasteiger partial charge is 0.0991 e. The molecule has 0 aliphatic rings. The van der Waals surface area contributed by atoms with Crippen LogP contribution in [0.2, 0.25) is 0 Å². The zero-order valence-corrected chi connectivity index (χ0v) is 7.15. The molecule has 0 unspecified atom stereocenters. The van der Waals surface area contributed by atoms with Gasteiger partial charge in [-0.2, -0.15) is 0 Å². The highest BCUT2D eigenvalue weighted by molar-refractivity contribution is 5.23. The van der Waals surface area contributed by atoms with Gasteiger partial charge in [0.1, 0.15) is 0 Å². The quantitative estimate of drug-likeness (QED) is 0.511. The maximum Gasteiger partial charge on any atom is -0.0138 e. The summed E-state index contributed by atoms with van der Waals surface area (Å²) < 4.78 is 0. The molecule has 0 heterocycles. The van der Waals surface area contributed by atoms with Crippen LogP contribution in [0.25, 0.3) is 0 Å². The third-order valence-corrected chi connectivity index (χ3v) is 1.40. The van der Waals surface area contributed by atoms with E-state index in [1.54, 1.807) is 6.08 Å². The monoisotopic (exact) mass is 136 g/mol. The minimum atomic E-state index is 0.180. The Kier molecular flexibility index (Phi) is 3.14. The molecule has 0 nitrogen and oxygen atoms in total. The summed E-state index contributed by atoms with van der Waals surface area (Å²) in [5, 5.41) is 0. The molecule has 0 radical (unpaired) electrons. The Bertz CT molecular complexity index is 153. The maximum absolute atomic E-state index is 3.93. The van der Waals surface area contributed by atoms with Crippen LogP contribution in [-0.4, -0.2) is 0 Å². The zero-order chi connectivity index (χ0) is 8.20. The van der Waals surface area contributed by atoms with E-state index in [0.29, 0.717) is 0 Å². The highest BCUT2D eigenvalue weighted by Crippen LogP contribution is 2.23. The third-order valence-electron chi connectivity index (χ3n) is 1.40. The van der Waals surface area contributed by atoms with Gasteiger partial charge in [-0.15, -0.1) is 0 Å². The molecule has 56 valence electrons. The molecule has 0 bridgehead atoms. The molecule has 10 heavy (non-hydrogen) atoms. The SMILES string of the molecule is C=CC=CC(=C)C(C)(C)C. The van der Waals surface area contributed by atoms with Crippen LogP contribution in [0, 0.1) is 5.41 Å². The van der Waals surface area contributed by atoms with Gasteiger partial charge in [0.25, 0.3) is 0 Å². The Morgan fingerprint density at radius 3 is 2.10 bits per heavy atom. The van der Waals surface area contributed by atoms with Crippen molar-refractivity contribution in [2.45, 2.75) is 20.8 Å². The molecule has 0 aromatic rings. The van der Waals surface area contributed by atoms with Crippen LogP contribution in [0.5, 0.6) is 0 Å². The van der Waals surface area contributed by atoms with E-state index in [1.165, 1.54) is 0 Å². The molecule has 0 aliphatic heterocycles. The van der Waals surface area contributed by atoms with E-state index in [9.17, 15) is 0 Å². The summed E-state index contributed by atoms with van der Waals surface area (Å²) in [6.45, 7) is 13.9. The van der Waals surface area contributed by atoms with Crippen molar-refractivity contribution in [3.05, 3.63) is 37.0 Å². The molecule has 0 rings (SSSR count). The van der Waals surface area contributed by atoms with E-state index < -0.39 is 0 Å². The summed E-state index contributed by atoms with van der Waals surface area (Å²) in [7, 11) is 0. The van der Waals surface area contributed by atoms with Crippen molar-refractivity contribution < 1.29 is 0 Å². The van der Waals surface area contributed by atoms with Crippen molar-refractivity contribution in [3.8, 4) is 0 Å². The highest BCUT2D eigenvalue weighted by Gasteiger charge is 2.10. The first kappa shape index (κ1) is 9.22.